The summed E-state index contributed by atoms with van der Waals surface area (Å²) in [5, 5.41) is 0.119. The molecule has 1 amide bonds. The molecule has 1 heterocycles. The van der Waals surface area contributed by atoms with E-state index in [4.69, 9.17) is 16.3 Å². The summed E-state index contributed by atoms with van der Waals surface area (Å²) in [5.74, 6) is 0.0445. The molecule has 1 fully saturated rings. The van der Waals surface area contributed by atoms with Gasteiger partial charge in [-0.3, -0.25) is 4.79 Å². The molecule has 0 saturated carbocycles. The molecule has 0 aliphatic carbocycles. The second-order valence-electron chi connectivity index (χ2n) is 4.63. The Morgan fingerprint density at radius 3 is 2.64 bits per heavy atom. The van der Waals surface area contributed by atoms with Crippen molar-refractivity contribution in [3.8, 4) is 0 Å². The van der Waals surface area contributed by atoms with Crippen molar-refractivity contribution in [3.05, 3.63) is 0 Å². The van der Waals surface area contributed by atoms with Gasteiger partial charge in [0.15, 0.2) is 0 Å². The molecule has 1 aliphatic rings. The van der Waals surface area contributed by atoms with E-state index in [-0.39, 0.29) is 23.5 Å². The lowest BCUT2D eigenvalue weighted by Gasteiger charge is -2.22. The lowest BCUT2D eigenvalue weighted by atomic mass is 10.2. The van der Waals surface area contributed by atoms with Gasteiger partial charge in [-0.15, -0.1) is 11.6 Å². The van der Waals surface area contributed by atoms with Crippen LogP contribution in [0.4, 0.5) is 0 Å². The van der Waals surface area contributed by atoms with Gasteiger partial charge in [0.05, 0.1) is 11.0 Å². The van der Waals surface area contributed by atoms with Gasteiger partial charge < -0.3 is 9.64 Å². The molecule has 1 rings (SSSR count). The van der Waals surface area contributed by atoms with E-state index in [1.165, 1.54) is 0 Å². The summed E-state index contributed by atoms with van der Waals surface area (Å²) in [6, 6.07) is 0. The minimum atomic E-state index is -0.254. The summed E-state index contributed by atoms with van der Waals surface area (Å²) in [5.41, 5.74) is -0.254. The summed E-state index contributed by atoms with van der Waals surface area (Å²) in [7, 11) is 0. The molecule has 0 spiro atoms. The highest BCUT2D eigenvalue weighted by Gasteiger charge is 2.25. The number of amides is 1. The Morgan fingerprint density at radius 2 is 2.21 bits per heavy atom. The van der Waals surface area contributed by atoms with Gasteiger partial charge >= 0.3 is 0 Å². The summed E-state index contributed by atoms with van der Waals surface area (Å²) in [6.45, 7) is 7.40. The minimum absolute atomic E-state index is 0.0445. The molecule has 82 valence electrons. The van der Waals surface area contributed by atoms with Crippen LogP contribution < -0.4 is 0 Å². The largest absolute Gasteiger partial charge is 0.366 e. The third-order valence-electron chi connectivity index (χ3n) is 2.11. The molecule has 0 radical (unpaired) electrons. The van der Waals surface area contributed by atoms with Crippen LogP contribution in [0.1, 0.15) is 27.2 Å². The maximum Gasteiger partial charge on any atom is 0.248 e. The van der Waals surface area contributed by atoms with Crippen molar-refractivity contribution in [3.63, 3.8) is 0 Å². The molecule has 0 aromatic heterocycles. The second-order valence-corrected chi connectivity index (χ2v) is 5.24. The first-order chi connectivity index (χ1) is 6.38. The Bertz CT molecular complexity index is 213. The van der Waals surface area contributed by atoms with Gasteiger partial charge in [0.2, 0.25) is 5.91 Å². The number of hydrogen-bond donors (Lipinski definition) is 0. The normalized spacial score (nSPS) is 22.9. The Labute approximate surface area is 90.4 Å². The Balaban J connectivity index is 2.29. The van der Waals surface area contributed by atoms with E-state index in [9.17, 15) is 4.79 Å². The van der Waals surface area contributed by atoms with Gasteiger partial charge in [0.25, 0.3) is 0 Å². The maximum absolute atomic E-state index is 11.6. The monoisotopic (exact) mass is 219 g/mol. The van der Waals surface area contributed by atoms with Crippen LogP contribution in [0, 0.1) is 0 Å². The molecule has 0 bridgehead atoms. The number of carbonyl (C=O) groups is 1. The lowest BCUT2D eigenvalue weighted by molar-refractivity contribution is -0.139. The van der Waals surface area contributed by atoms with Crippen LogP contribution in [0.25, 0.3) is 0 Å². The quantitative estimate of drug-likeness (QED) is 0.661. The number of alkyl halides is 1. The first-order valence-electron chi connectivity index (χ1n) is 4.94. The molecule has 14 heavy (non-hydrogen) atoms. The molecule has 1 aliphatic heterocycles. The van der Waals surface area contributed by atoms with Crippen molar-refractivity contribution in [2.24, 2.45) is 0 Å². The van der Waals surface area contributed by atoms with Crippen molar-refractivity contribution >= 4 is 17.5 Å². The van der Waals surface area contributed by atoms with Crippen LogP contribution in [-0.4, -0.2) is 41.5 Å². The second kappa shape index (κ2) is 4.49. The maximum atomic E-state index is 11.6. The number of hydrogen-bond acceptors (Lipinski definition) is 2. The van der Waals surface area contributed by atoms with E-state index < -0.39 is 0 Å². The van der Waals surface area contributed by atoms with Crippen LogP contribution in [0.2, 0.25) is 0 Å². The molecule has 1 atom stereocenters. The molecule has 3 nitrogen and oxygen atoms in total. The predicted molar refractivity (Wildman–Crippen MR) is 56.5 cm³/mol. The third-order valence-corrected chi connectivity index (χ3v) is 2.47. The number of nitrogens with zero attached hydrogens (tertiary/aromatic N) is 1. The zero-order chi connectivity index (χ0) is 10.8. The predicted octanol–water partition coefficient (Wildman–Crippen LogP) is 1.64. The lowest BCUT2D eigenvalue weighted by Crippen LogP contribution is -2.35. The van der Waals surface area contributed by atoms with Crippen molar-refractivity contribution in [1.29, 1.82) is 0 Å². The van der Waals surface area contributed by atoms with Crippen LogP contribution in [0.3, 0.4) is 0 Å². The highest BCUT2D eigenvalue weighted by atomic mass is 35.5. The minimum Gasteiger partial charge on any atom is -0.366 e. The number of carbonyl (C=O) groups excluding carboxylic acids is 1. The van der Waals surface area contributed by atoms with Gasteiger partial charge in [-0.2, -0.15) is 0 Å². The fourth-order valence-electron chi connectivity index (χ4n) is 1.31. The number of halogens is 1. The van der Waals surface area contributed by atoms with E-state index in [2.05, 4.69) is 0 Å². The summed E-state index contributed by atoms with van der Waals surface area (Å²) in [6.07, 6.45) is 0.892. The average molecular weight is 220 g/mol. The number of likely N-dealkylation sites (tertiary alicyclic amines) is 1. The molecule has 0 aromatic carbocycles. The zero-order valence-corrected chi connectivity index (χ0v) is 9.80. The summed E-state index contributed by atoms with van der Waals surface area (Å²) in [4.78, 5) is 13.3. The highest BCUT2D eigenvalue weighted by Crippen LogP contribution is 2.15. The van der Waals surface area contributed by atoms with E-state index in [0.29, 0.717) is 6.54 Å². The van der Waals surface area contributed by atoms with Crippen molar-refractivity contribution in [1.82, 2.24) is 4.90 Å². The van der Waals surface area contributed by atoms with Crippen LogP contribution in [0.15, 0.2) is 0 Å². The van der Waals surface area contributed by atoms with Crippen molar-refractivity contribution in [2.45, 2.75) is 38.2 Å². The Hall–Kier alpha value is -0.280. The SMILES string of the molecule is CC(C)(C)OCC(=O)N1CCC(Cl)C1. The fourth-order valence-corrected chi connectivity index (χ4v) is 1.58. The molecule has 1 saturated heterocycles. The smallest absolute Gasteiger partial charge is 0.248 e. The third kappa shape index (κ3) is 3.84. The molecule has 0 N–H and O–H groups in total. The summed E-state index contributed by atoms with van der Waals surface area (Å²) >= 11 is 5.91. The zero-order valence-electron chi connectivity index (χ0n) is 9.05. The van der Waals surface area contributed by atoms with Crippen LogP contribution in [-0.2, 0) is 9.53 Å². The molecule has 4 heteroatoms. The van der Waals surface area contributed by atoms with Gasteiger partial charge in [-0.1, -0.05) is 0 Å². The molecule has 1 unspecified atom stereocenters. The highest BCUT2D eigenvalue weighted by molar-refractivity contribution is 6.21. The molecular weight excluding hydrogens is 202 g/mol. The van der Waals surface area contributed by atoms with E-state index >= 15 is 0 Å². The summed E-state index contributed by atoms with van der Waals surface area (Å²) < 4.78 is 5.40. The van der Waals surface area contributed by atoms with Gasteiger partial charge in [0.1, 0.15) is 6.61 Å². The first kappa shape index (κ1) is 11.8. The Morgan fingerprint density at radius 1 is 1.57 bits per heavy atom. The van der Waals surface area contributed by atoms with Crippen LogP contribution >= 0.6 is 11.6 Å². The van der Waals surface area contributed by atoms with E-state index in [0.717, 1.165) is 13.0 Å². The number of rotatable bonds is 2. The molecule has 0 aromatic rings. The molecular formula is C10H18ClNO2. The van der Waals surface area contributed by atoms with E-state index in [1.807, 2.05) is 20.8 Å². The van der Waals surface area contributed by atoms with Gasteiger partial charge in [0, 0.05) is 13.1 Å². The fraction of sp³-hybridized carbons (Fsp3) is 0.900. The standard InChI is InChI=1S/C10H18ClNO2/c1-10(2,3)14-7-9(13)12-5-4-8(11)6-12/h8H,4-7H2,1-3H3. The van der Waals surface area contributed by atoms with Crippen molar-refractivity contribution in [2.75, 3.05) is 19.7 Å². The van der Waals surface area contributed by atoms with Gasteiger partial charge in [-0.25, -0.2) is 0 Å². The Kier molecular flexibility index (Phi) is 3.78. The van der Waals surface area contributed by atoms with Gasteiger partial charge in [-0.05, 0) is 27.2 Å². The van der Waals surface area contributed by atoms with E-state index in [1.54, 1.807) is 4.90 Å². The topological polar surface area (TPSA) is 29.5 Å². The van der Waals surface area contributed by atoms with Crippen LogP contribution in [0.5, 0.6) is 0 Å². The average Bonchev–Trinajstić information content (AvgIpc) is 2.46. The first-order valence-corrected chi connectivity index (χ1v) is 5.38. The van der Waals surface area contributed by atoms with Crippen molar-refractivity contribution < 1.29 is 9.53 Å². The number of ether oxygens (including phenoxy) is 1.